The maximum atomic E-state index is 12.7. The van der Waals surface area contributed by atoms with Crippen LogP contribution in [-0.4, -0.2) is 37.8 Å². The molecule has 0 bridgehead atoms. The molecule has 0 spiro atoms. The van der Waals surface area contributed by atoms with E-state index in [0.717, 1.165) is 17.7 Å². The lowest BCUT2D eigenvalue weighted by Crippen LogP contribution is -2.44. The van der Waals surface area contributed by atoms with Gasteiger partial charge in [0.15, 0.2) is 0 Å². The van der Waals surface area contributed by atoms with Crippen molar-refractivity contribution in [1.29, 1.82) is 0 Å². The van der Waals surface area contributed by atoms with Crippen LogP contribution in [0.15, 0.2) is 16.3 Å². The molecule has 0 aromatic carbocycles. The van der Waals surface area contributed by atoms with E-state index >= 15 is 0 Å². The Labute approximate surface area is 135 Å². The second-order valence-corrected chi connectivity index (χ2v) is 9.09. The van der Waals surface area contributed by atoms with E-state index in [0.29, 0.717) is 23.8 Å². The summed E-state index contributed by atoms with van der Waals surface area (Å²) in [7, 11) is -3.46. The molecule has 0 radical (unpaired) electrons. The molecule has 2 atom stereocenters. The maximum absolute atomic E-state index is 12.7. The van der Waals surface area contributed by atoms with E-state index in [-0.39, 0.29) is 17.9 Å². The topological polar surface area (TPSA) is 92.5 Å². The Balaban J connectivity index is 2.11. The van der Waals surface area contributed by atoms with Gasteiger partial charge in [0.2, 0.25) is 5.91 Å². The van der Waals surface area contributed by atoms with Gasteiger partial charge in [-0.3, -0.25) is 4.79 Å². The van der Waals surface area contributed by atoms with Crippen LogP contribution in [-0.2, 0) is 21.4 Å². The Morgan fingerprint density at radius 2 is 2.27 bits per heavy atom. The molecule has 6 nitrogen and oxygen atoms in total. The Bertz CT molecular complexity index is 625. The predicted octanol–water partition coefficient (Wildman–Crippen LogP) is 1.13. The van der Waals surface area contributed by atoms with Gasteiger partial charge in [-0.15, -0.1) is 11.3 Å². The second kappa shape index (κ2) is 7.08. The minimum atomic E-state index is -3.46. The highest BCUT2D eigenvalue weighted by atomic mass is 32.2. The van der Waals surface area contributed by atoms with Crippen LogP contribution >= 0.6 is 11.3 Å². The molecular weight excluding hydrogens is 322 g/mol. The van der Waals surface area contributed by atoms with Crippen LogP contribution in [0.5, 0.6) is 0 Å². The minimum absolute atomic E-state index is 0.00309. The van der Waals surface area contributed by atoms with Gasteiger partial charge in [0.1, 0.15) is 4.21 Å². The third-order valence-corrected chi connectivity index (χ3v) is 7.32. The van der Waals surface area contributed by atoms with Crippen molar-refractivity contribution in [3.05, 3.63) is 17.0 Å². The zero-order chi connectivity index (χ0) is 16.3. The Hall–Kier alpha value is -0.960. The molecule has 0 saturated carbocycles. The molecule has 1 aromatic rings. The summed E-state index contributed by atoms with van der Waals surface area (Å²) in [5, 5.41) is 2.67. The molecular formula is C14H23N3O3S2. The van der Waals surface area contributed by atoms with Crippen LogP contribution in [0.3, 0.4) is 0 Å². The molecule has 2 rings (SSSR count). The zero-order valence-electron chi connectivity index (χ0n) is 12.9. The highest BCUT2D eigenvalue weighted by Crippen LogP contribution is 2.29. The van der Waals surface area contributed by atoms with E-state index in [4.69, 9.17) is 5.73 Å². The summed E-state index contributed by atoms with van der Waals surface area (Å²) >= 11 is 1.21. The highest BCUT2D eigenvalue weighted by Gasteiger charge is 2.32. The summed E-state index contributed by atoms with van der Waals surface area (Å²) < 4.78 is 27.3. The van der Waals surface area contributed by atoms with Crippen LogP contribution in [0.4, 0.5) is 0 Å². The molecule has 3 N–H and O–H groups in total. The fraction of sp³-hybridized carbons (Fsp3) is 0.643. The van der Waals surface area contributed by atoms with Crippen LogP contribution in [0, 0.1) is 5.92 Å². The fourth-order valence-electron chi connectivity index (χ4n) is 2.55. The summed E-state index contributed by atoms with van der Waals surface area (Å²) in [6.45, 7) is 4.76. The molecule has 2 heterocycles. The van der Waals surface area contributed by atoms with Crippen LogP contribution in [0.1, 0.15) is 31.6 Å². The van der Waals surface area contributed by atoms with E-state index in [1.54, 1.807) is 16.4 Å². The van der Waals surface area contributed by atoms with Gasteiger partial charge in [0.25, 0.3) is 10.0 Å². The number of rotatable bonds is 5. The summed E-state index contributed by atoms with van der Waals surface area (Å²) in [5.74, 6) is 0.0796. The molecule has 1 amide bonds. The van der Waals surface area contributed by atoms with Gasteiger partial charge >= 0.3 is 0 Å². The largest absolute Gasteiger partial charge is 0.351 e. The first-order chi connectivity index (χ1) is 10.3. The Kier molecular flexibility index (Phi) is 5.60. The summed E-state index contributed by atoms with van der Waals surface area (Å²) in [5.41, 5.74) is 5.92. The predicted molar refractivity (Wildman–Crippen MR) is 87.0 cm³/mol. The van der Waals surface area contributed by atoms with Crippen molar-refractivity contribution in [2.75, 3.05) is 13.1 Å². The smallest absolute Gasteiger partial charge is 0.252 e. The van der Waals surface area contributed by atoms with Gasteiger partial charge in [0.05, 0.1) is 6.54 Å². The third-order valence-electron chi connectivity index (χ3n) is 3.91. The SMILES string of the molecule is CC(=O)NCc1ccc(S(=O)(=O)N2CCC[C@H]([C@H](C)N)C2)s1. The highest BCUT2D eigenvalue weighted by molar-refractivity contribution is 7.91. The first-order valence-electron chi connectivity index (χ1n) is 7.39. The van der Waals surface area contributed by atoms with E-state index in [2.05, 4.69) is 5.32 Å². The third kappa shape index (κ3) is 4.07. The van der Waals surface area contributed by atoms with Gasteiger partial charge in [-0.2, -0.15) is 4.31 Å². The van der Waals surface area contributed by atoms with E-state index in [1.807, 2.05) is 6.92 Å². The molecule has 1 saturated heterocycles. The lowest BCUT2D eigenvalue weighted by molar-refractivity contribution is -0.119. The summed E-state index contributed by atoms with van der Waals surface area (Å²) in [4.78, 5) is 11.8. The quantitative estimate of drug-likeness (QED) is 0.837. The van der Waals surface area contributed by atoms with Gasteiger partial charge in [-0.25, -0.2) is 8.42 Å². The molecule has 1 aliphatic heterocycles. The average Bonchev–Trinajstić information content (AvgIpc) is 2.95. The van der Waals surface area contributed by atoms with Gasteiger partial charge < -0.3 is 11.1 Å². The van der Waals surface area contributed by atoms with Crippen molar-refractivity contribution in [2.24, 2.45) is 11.7 Å². The monoisotopic (exact) mass is 345 g/mol. The Morgan fingerprint density at radius 3 is 2.91 bits per heavy atom. The van der Waals surface area contributed by atoms with Crippen molar-refractivity contribution in [3.63, 3.8) is 0 Å². The normalized spacial score (nSPS) is 21.5. The number of hydrogen-bond donors (Lipinski definition) is 2. The molecule has 0 aliphatic carbocycles. The Morgan fingerprint density at radius 1 is 1.55 bits per heavy atom. The van der Waals surface area contributed by atoms with Gasteiger partial charge in [-0.05, 0) is 37.8 Å². The van der Waals surface area contributed by atoms with Crippen molar-refractivity contribution in [1.82, 2.24) is 9.62 Å². The van der Waals surface area contributed by atoms with Crippen LogP contribution < -0.4 is 11.1 Å². The first-order valence-corrected chi connectivity index (χ1v) is 9.65. The maximum Gasteiger partial charge on any atom is 0.252 e. The number of piperidine rings is 1. The number of carbonyl (C=O) groups excluding carboxylic acids is 1. The van der Waals surface area contributed by atoms with E-state index in [9.17, 15) is 13.2 Å². The molecule has 22 heavy (non-hydrogen) atoms. The zero-order valence-corrected chi connectivity index (χ0v) is 14.5. The number of nitrogens with one attached hydrogen (secondary N) is 1. The minimum Gasteiger partial charge on any atom is -0.351 e. The second-order valence-electron chi connectivity index (χ2n) is 5.75. The van der Waals surface area contributed by atoms with Crippen molar-refractivity contribution < 1.29 is 13.2 Å². The van der Waals surface area contributed by atoms with Crippen molar-refractivity contribution >= 4 is 27.3 Å². The lowest BCUT2D eigenvalue weighted by atomic mass is 9.93. The van der Waals surface area contributed by atoms with E-state index in [1.165, 1.54) is 18.3 Å². The standard InChI is InChI=1S/C14H23N3O3S2/c1-10(15)12-4-3-7-17(9-12)22(19,20)14-6-5-13(21-14)8-16-11(2)18/h5-6,10,12H,3-4,7-9,15H2,1-2H3,(H,16,18)/t10-,12-/m0/s1. The van der Waals surface area contributed by atoms with Crippen LogP contribution in [0.25, 0.3) is 0 Å². The molecule has 0 unspecified atom stereocenters. The van der Waals surface area contributed by atoms with Crippen LogP contribution in [0.2, 0.25) is 0 Å². The number of amides is 1. The molecule has 1 fully saturated rings. The first kappa shape index (κ1) is 17.4. The number of carbonyl (C=O) groups is 1. The molecule has 8 heteroatoms. The fourth-order valence-corrected chi connectivity index (χ4v) is 5.54. The number of sulfonamides is 1. The molecule has 1 aliphatic rings. The van der Waals surface area contributed by atoms with Gasteiger partial charge in [0, 0.05) is 30.9 Å². The number of nitrogens with zero attached hydrogens (tertiary/aromatic N) is 1. The summed E-state index contributed by atoms with van der Waals surface area (Å²) in [6.07, 6.45) is 1.82. The molecule has 124 valence electrons. The van der Waals surface area contributed by atoms with Gasteiger partial charge in [-0.1, -0.05) is 0 Å². The lowest BCUT2D eigenvalue weighted by Gasteiger charge is -2.33. The van der Waals surface area contributed by atoms with Crippen molar-refractivity contribution in [3.8, 4) is 0 Å². The number of hydrogen-bond acceptors (Lipinski definition) is 5. The summed E-state index contributed by atoms with van der Waals surface area (Å²) in [6, 6.07) is 3.37. The molecule has 1 aromatic heterocycles. The van der Waals surface area contributed by atoms with Crippen molar-refractivity contribution in [2.45, 2.75) is 43.5 Å². The number of nitrogens with two attached hydrogens (primary N) is 1. The van der Waals surface area contributed by atoms with E-state index < -0.39 is 10.0 Å². The average molecular weight is 345 g/mol. The number of thiophene rings is 1.